The lowest BCUT2D eigenvalue weighted by molar-refractivity contribution is -0.151. The minimum absolute atomic E-state index is 0.0585. The Morgan fingerprint density at radius 1 is 1.39 bits per heavy atom. The van der Waals surface area contributed by atoms with Gasteiger partial charge in [-0.2, -0.15) is 0 Å². The Labute approximate surface area is 136 Å². The number of fused-ring (bicyclic) bond motifs is 1. The van der Waals surface area contributed by atoms with Gasteiger partial charge < -0.3 is 14.7 Å². The highest BCUT2D eigenvalue weighted by atomic mass is 16.5. The summed E-state index contributed by atoms with van der Waals surface area (Å²) in [6, 6.07) is 8.17. The maximum Gasteiger partial charge on any atom is 0.306 e. The molecule has 1 heterocycles. The van der Waals surface area contributed by atoms with Crippen LogP contribution in [0.5, 0.6) is 0 Å². The van der Waals surface area contributed by atoms with E-state index in [1.807, 2.05) is 19.1 Å². The van der Waals surface area contributed by atoms with Crippen molar-refractivity contribution in [3.05, 3.63) is 35.4 Å². The predicted octanol–water partition coefficient (Wildman–Crippen LogP) is 1.98. The fourth-order valence-electron chi connectivity index (χ4n) is 3.84. The Morgan fingerprint density at radius 2 is 2.17 bits per heavy atom. The summed E-state index contributed by atoms with van der Waals surface area (Å²) >= 11 is 0. The third-order valence-corrected chi connectivity index (χ3v) is 5.04. The number of morpholine rings is 1. The van der Waals surface area contributed by atoms with E-state index >= 15 is 0 Å². The highest BCUT2D eigenvalue weighted by Crippen LogP contribution is 2.38. The van der Waals surface area contributed by atoms with Crippen molar-refractivity contribution >= 4 is 11.9 Å². The van der Waals surface area contributed by atoms with Gasteiger partial charge in [-0.25, -0.2) is 0 Å². The summed E-state index contributed by atoms with van der Waals surface area (Å²) < 4.78 is 5.48. The van der Waals surface area contributed by atoms with Crippen molar-refractivity contribution in [2.45, 2.75) is 44.1 Å². The molecule has 1 fully saturated rings. The molecule has 1 N–H and O–H groups in total. The van der Waals surface area contributed by atoms with Crippen molar-refractivity contribution in [1.82, 2.24) is 4.90 Å². The molecule has 3 rings (SSSR count). The molecule has 5 heteroatoms. The fourth-order valence-corrected chi connectivity index (χ4v) is 3.84. The molecular formula is C18H23NO4. The molecule has 2 atom stereocenters. The molecule has 1 saturated heterocycles. The number of hydrogen-bond donors (Lipinski definition) is 1. The Hall–Kier alpha value is -1.88. The van der Waals surface area contributed by atoms with Gasteiger partial charge in [0.1, 0.15) is 0 Å². The van der Waals surface area contributed by atoms with Gasteiger partial charge in [-0.1, -0.05) is 24.3 Å². The maximum atomic E-state index is 13.2. The van der Waals surface area contributed by atoms with Crippen LogP contribution in [0.3, 0.4) is 0 Å². The van der Waals surface area contributed by atoms with Crippen LogP contribution in [0.25, 0.3) is 0 Å². The van der Waals surface area contributed by atoms with E-state index < -0.39 is 17.5 Å². The zero-order valence-electron chi connectivity index (χ0n) is 13.5. The lowest BCUT2D eigenvalue weighted by atomic mass is 9.70. The third-order valence-electron chi connectivity index (χ3n) is 5.04. The van der Waals surface area contributed by atoms with Gasteiger partial charge >= 0.3 is 5.97 Å². The van der Waals surface area contributed by atoms with Crippen LogP contribution in [-0.4, -0.2) is 47.7 Å². The van der Waals surface area contributed by atoms with Gasteiger partial charge in [0, 0.05) is 13.1 Å². The number of ether oxygens (including phenoxy) is 1. The fraction of sp³-hybridized carbons (Fsp3) is 0.556. The van der Waals surface area contributed by atoms with Gasteiger partial charge in [0.15, 0.2) is 0 Å². The largest absolute Gasteiger partial charge is 0.481 e. The van der Waals surface area contributed by atoms with E-state index in [1.165, 1.54) is 5.56 Å². The number of aliphatic carboxylic acids is 1. The number of rotatable bonds is 3. The molecule has 1 aromatic rings. The normalized spacial score (nSPS) is 27.3. The zero-order valence-corrected chi connectivity index (χ0v) is 13.5. The Kier molecular flexibility index (Phi) is 4.39. The SMILES string of the molecule is C[C@@]1(C(=O)N2CCO[C@@H](CC(=O)O)C2)CCCc2ccccc21. The average Bonchev–Trinajstić information content (AvgIpc) is 2.54. The van der Waals surface area contributed by atoms with Crippen LogP contribution in [0.4, 0.5) is 0 Å². The first-order valence-electron chi connectivity index (χ1n) is 8.22. The van der Waals surface area contributed by atoms with E-state index in [2.05, 4.69) is 12.1 Å². The summed E-state index contributed by atoms with van der Waals surface area (Å²) in [6.07, 6.45) is 2.39. The summed E-state index contributed by atoms with van der Waals surface area (Å²) in [5.74, 6) is -0.790. The Morgan fingerprint density at radius 3 is 2.96 bits per heavy atom. The minimum Gasteiger partial charge on any atom is -0.481 e. The number of carbonyl (C=O) groups is 2. The first-order valence-corrected chi connectivity index (χ1v) is 8.22. The molecule has 1 aromatic carbocycles. The molecule has 1 aliphatic heterocycles. The number of carboxylic acids is 1. The molecule has 0 aromatic heterocycles. The first kappa shape index (κ1) is 16.0. The predicted molar refractivity (Wildman–Crippen MR) is 85.3 cm³/mol. The molecule has 23 heavy (non-hydrogen) atoms. The molecule has 124 valence electrons. The number of carboxylic acid groups (broad SMARTS) is 1. The molecule has 0 bridgehead atoms. The lowest BCUT2D eigenvalue weighted by Crippen LogP contribution is -2.53. The average molecular weight is 317 g/mol. The Bertz CT molecular complexity index is 615. The van der Waals surface area contributed by atoms with Gasteiger partial charge in [-0.05, 0) is 37.3 Å². The first-order chi connectivity index (χ1) is 11.0. The molecule has 2 aliphatic rings. The summed E-state index contributed by atoms with van der Waals surface area (Å²) in [5, 5.41) is 8.94. The highest BCUT2D eigenvalue weighted by Gasteiger charge is 2.42. The van der Waals surface area contributed by atoms with Gasteiger partial charge in [-0.15, -0.1) is 0 Å². The van der Waals surface area contributed by atoms with Gasteiger partial charge in [-0.3, -0.25) is 9.59 Å². The Balaban J connectivity index is 1.81. The van der Waals surface area contributed by atoms with E-state index in [9.17, 15) is 9.59 Å². The molecule has 5 nitrogen and oxygen atoms in total. The summed E-state index contributed by atoms with van der Waals surface area (Å²) in [7, 11) is 0. The number of amides is 1. The van der Waals surface area contributed by atoms with Crippen LogP contribution >= 0.6 is 0 Å². The van der Waals surface area contributed by atoms with E-state index in [0.29, 0.717) is 19.7 Å². The minimum atomic E-state index is -0.890. The highest BCUT2D eigenvalue weighted by molar-refractivity contribution is 5.88. The van der Waals surface area contributed by atoms with Crippen molar-refractivity contribution in [3.8, 4) is 0 Å². The van der Waals surface area contributed by atoms with Crippen molar-refractivity contribution in [1.29, 1.82) is 0 Å². The molecule has 1 aliphatic carbocycles. The van der Waals surface area contributed by atoms with Crippen LogP contribution in [0.15, 0.2) is 24.3 Å². The van der Waals surface area contributed by atoms with Crippen molar-refractivity contribution < 1.29 is 19.4 Å². The quantitative estimate of drug-likeness (QED) is 0.926. The third kappa shape index (κ3) is 3.11. The summed E-state index contributed by atoms with van der Waals surface area (Å²) in [5.41, 5.74) is 1.86. The van der Waals surface area contributed by atoms with Crippen LogP contribution in [0.2, 0.25) is 0 Å². The molecule has 0 unspecified atom stereocenters. The molecular weight excluding hydrogens is 294 g/mol. The second-order valence-corrected chi connectivity index (χ2v) is 6.68. The number of carbonyl (C=O) groups excluding carboxylic acids is 1. The van der Waals surface area contributed by atoms with Crippen LogP contribution < -0.4 is 0 Å². The number of nitrogens with zero attached hydrogens (tertiary/aromatic N) is 1. The number of aryl methyl sites for hydroxylation is 1. The van der Waals surface area contributed by atoms with Gasteiger partial charge in [0.25, 0.3) is 0 Å². The molecule has 1 amide bonds. The van der Waals surface area contributed by atoms with Gasteiger partial charge in [0.05, 0.1) is 24.5 Å². The van der Waals surface area contributed by atoms with Crippen molar-refractivity contribution in [2.75, 3.05) is 19.7 Å². The van der Waals surface area contributed by atoms with Crippen LogP contribution in [-0.2, 0) is 26.2 Å². The summed E-state index contributed by atoms with van der Waals surface area (Å²) in [4.78, 5) is 25.9. The van der Waals surface area contributed by atoms with E-state index in [0.717, 1.165) is 24.8 Å². The van der Waals surface area contributed by atoms with Crippen molar-refractivity contribution in [3.63, 3.8) is 0 Å². The zero-order chi connectivity index (χ0) is 16.4. The number of hydrogen-bond acceptors (Lipinski definition) is 3. The topological polar surface area (TPSA) is 66.8 Å². The maximum absolute atomic E-state index is 13.2. The number of benzene rings is 1. The van der Waals surface area contributed by atoms with Crippen LogP contribution in [0, 0.1) is 0 Å². The van der Waals surface area contributed by atoms with E-state index in [-0.39, 0.29) is 12.3 Å². The van der Waals surface area contributed by atoms with Crippen molar-refractivity contribution in [2.24, 2.45) is 0 Å². The molecule has 0 spiro atoms. The summed E-state index contributed by atoms with van der Waals surface area (Å²) in [6.45, 7) is 3.33. The lowest BCUT2D eigenvalue weighted by Gasteiger charge is -2.41. The van der Waals surface area contributed by atoms with Gasteiger partial charge in [0.2, 0.25) is 5.91 Å². The van der Waals surface area contributed by atoms with Crippen LogP contribution in [0.1, 0.15) is 37.3 Å². The molecule has 0 radical (unpaired) electrons. The standard InChI is InChI=1S/C18H23NO4/c1-18(8-4-6-13-5-2-3-7-15(13)18)17(22)19-9-10-23-14(12-19)11-16(20)21/h2-3,5,7,14H,4,6,8-12H2,1H3,(H,20,21)/t14-,18+/m0/s1. The smallest absolute Gasteiger partial charge is 0.306 e. The van der Waals surface area contributed by atoms with E-state index in [4.69, 9.17) is 9.84 Å². The van der Waals surface area contributed by atoms with E-state index in [1.54, 1.807) is 4.90 Å². The second kappa shape index (κ2) is 6.32. The molecule has 0 saturated carbocycles. The monoisotopic (exact) mass is 317 g/mol. The second-order valence-electron chi connectivity index (χ2n) is 6.68.